The molecule has 0 aromatic carbocycles. The van der Waals surface area contributed by atoms with Gasteiger partial charge in [0.05, 0.1) is 12.2 Å². The standard InChI is InChI=1S/C15H26N4O2/c1-11(2)13-9-15(21-18-13)17-14(20)10-19(3)12-5-4-7-16-8-6-12/h9,11-12,16H,4-8,10H2,1-3H3,(H,17,20). The summed E-state index contributed by atoms with van der Waals surface area (Å²) in [5, 5.41) is 10.1. The summed E-state index contributed by atoms with van der Waals surface area (Å²) in [5.74, 6) is 0.668. The van der Waals surface area contributed by atoms with Gasteiger partial charge in [-0.2, -0.15) is 0 Å². The van der Waals surface area contributed by atoms with Gasteiger partial charge in [-0.15, -0.1) is 0 Å². The maximum Gasteiger partial charge on any atom is 0.240 e. The van der Waals surface area contributed by atoms with E-state index in [1.807, 2.05) is 20.9 Å². The van der Waals surface area contributed by atoms with Crippen molar-refractivity contribution in [3.8, 4) is 0 Å². The Balaban J connectivity index is 1.82. The first-order chi connectivity index (χ1) is 10.1. The van der Waals surface area contributed by atoms with Gasteiger partial charge in [-0.3, -0.25) is 15.0 Å². The minimum absolute atomic E-state index is 0.0545. The molecule has 0 aliphatic carbocycles. The van der Waals surface area contributed by atoms with Crippen molar-refractivity contribution in [1.82, 2.24) is 15.4 Å². The van der Waals surface area contributed by atoms with Crippen molar-refractivity contribution in [3.63, 3.8) is 0 Å². The third kappa shape index (κ3) is 4.82. The van der Waals surface area contributed by atoms with Gasteiger partial charge in [0, 0.05) is 12.1 Å². The number of likely N-dealkylation sites (N-methyl/N-ethyl adjacent to an activating group) is 1. The molecule has 2 heterocycles. The number of anilines is 1. The van der Waals surface area contributed by atoms with E-state index in [-0.39, 0.29) is 5.91 Å². The fraction of sp³-hybridized carbons (Fsp3) is 0.733. The molecule has 0 spiro atoms. The normalized spacial score (nSPS) is 19.8. The summed E-state index contributed by atoms with van der Waals surface area (Å²) in [7, 11) is 2.01. The van der Waals surface area contributed by atoms with Gasteiger partial charge >= 0.3 is 0 Å². The third-order valence-electron chi connectivity index (χ3n) is 3.94. The summed E-state index contributed by atoms with van der Waals surface area (Å²) < 4.78 is 5.13. The Morgan fingerprint density at radius 2 is 2.33 bits per heavy atom. The molecule has 21 heavy (non-hydrogen) atoms. The van der Waals surface area contributed by atoms with Gasteiger partial charge in [0.25, 0.3) is 0 Å². The molecule has 1 aliphatic rings. The van der Waals surface area contributed by atoms with Crippen molar-refractivity contribution in [2.75, 3.05) is 32.0 Å². The molecular weight excluding hydrogens is 268 g/mol. The average Bonchev–Trinajstić information content (AvgIpc) is 2.73. The monoisotopic (exact) mass is 294 g/mol. The van der Waals surface area contributed by atoms with E-state index in [1.54, 1.807) is 6.07 Å². The summed E-state index contributed by atoms with van der Waals surface area (Å²) in [6.45, 7) is 6.56. The zero-order valence-electron chi connectivity index (χ0n) is 13.2. The number of aromatic nitrogens is 1. The van der Waals surface area contributed by atoms with Gasteiger partial charge in [0.2, 0.25) is 11.8 Å². The number of nitrogens with zero attached hydrogens (tertiary/aromatic N) is 2. The van der Waals surface area contributed by atoms with Crippen molar-refractivity contribution in [2.24, 2.45) is 0 Å². The maximum atomic E-state index is 12.1. The van der Waals surface area contributed by atoms with Gasteiger partial charge < -0.3 is 9.84 Å². The molecule has 1 atom stereocenters. The molecule has 0 radical (unpaired) electrons. The molecule has 1 unspecified atom stereocenters. The number of carbonyl (C=O) groups is 1. The van der Waals surface area contributed by atoms with Gasteiger partial charge in [-0.25, -0.2) is 0 Å². The molecule has 1 aliphatic heterocycles. The smallest absolute Gasteiger partial charge is 0.240 e. The summed E-state index contributed by atoms with van der Waals surface area (Å²) >= 11 is 0. The van der Waals surface area contributed by atoms with Crippen LogP contribution in [0.3, 0.4) is 0 Å². The average molecular weight is 294 g/mol. The van der Waals surface area contributed by atoms with Gasteiger partial charge in [0.15, 0.2) is 0 Å². The van der Waals surface area contributed by atoms with E-state index in [0.717, 1.165) is 38.0 Å². The number of amides is 1. The summed E-state index contributed by atoms with van der Waals surface area (Å²) in [6.07, 6.45) is 3.39. The van der Waals surface area contributed by atoms with Crippen LogP contribution in [-0.4, -0.2) is 48.7 Å². The quantitative estimate of drug-likeness (QED) is 0.866. The van der Waals surface area contributed by atoms with Crippen molar-refractivity contribution in [3.05, 3.63) is 11.8 Å². The van der Waals surface area contributed by atoms with Gasteiger partial charge in [-0.1, -0.05) is 19.0 Å². The Kier molecular flexibility index (Phi) is 5.76. The SMILES string of the molecule is CC(C)c1cc(NC(=O)CN(C)C2CCCNCC2)on1. The molecule has 118 valence electrons. The van der Waals surface area contributed by atoms with Crippen molar-refractivity contribution < 1.29 is 9.32 Å². The van der Waals surface area contributed by atoms with E-state index in [1.165, 1.54) is 0 Å². The number of nitrogens with one attached hydrogen (secondary N) is 2. The van der Waals surface area contributed by atoms with Crippen molar-refractivity contribution in [1.29, 1.82) is 0 Å². The first kappa shape index (κ1) is 16.0. The van der Waals surface area contributed by atoms with Crippen LogP contribution in [-0.2, 0) is 4.79 Å². The molecule has 2 rings (SSSR count). The lowest BCUT2D eigenvalue weighted by atomic mass is 10.1. The van der Waals surface area contributed by atoms with Gasteiger partial charge in [-0.05, 0) is 45.3 Å². The molecule has 6 nitrogen and oxygen atoms in total. The Hall–Kier alpha value is -1.40. The summed E-state index contributed by atoms with van der Waals surface area (Å²) in [5.41, 5.74) is 0.855. The van der Waals surface area contributed by atoms with E-state index in [4.69, 9.17) is 4.52 Å². The van der Waals surface area contributed by atoms with Crippen LogP contribution < -0.4 is 10.6 Å². The predicted octanol–water partition coefficient (Wildman–Crippen LogP) is 1.81. The molecule has 2 N–H and O–H groups in total. The molecule has 6 heteroatoms. The Bertz CT molecular complexity index is 450. The first-order valence-electron chi connectivity index (χ1n) is 7.73. The highest BCUT2D eigenvalue weighted by Gasteiger charge is 2.19. The third-order valence-corrected chi connectivity index (χ3v) is 3.94. The predicted molar refractivity (Wildman–Crippen MR) is 82.4 cm³/mol. The highest BCUT2D eigenvalue weighted by atomic mass is 16.5. The Morgan fingerprint density at radius 1 is 1.52 bits per heavy atom. The number of carbonyl (C=O) groups excluding carboxylic acids is 1. The van der Waals surface area contributed by atoms with Crippen molar-refractivity contribution in [2.45, 2.75) is 45.1 Å². The highest BCUT2D eigenvalue weighted by molar-refractivity contribution is 5.90. The largest absolute Gasteiger partial charge is 0.338 e. The molecule has 1 aromatic rings. The lowest BCUT2D eigenvalue weighted by Crippen LogP contribution is -2.38. The molecule has 1 aromatic heterocycles. The van der Waals surface area contributed by atoms with E-state index in [9.17, 15) is 4.79 Å². The molecule has 0 saturated carbocycles. The number of hydrogen-bond donors (Lipinski definition) is 2. The van der Waals surface area contributed by atoms with Crippen LogP contribution in [0, 0.1) is 0 Å². The molecule has 0 bridgehead atoms. The van der Waals surface area contributed by atoms with Gasteiger partial charge in [0.1, 0.15) is 0 Å². The second-order valence-electron chi connectivity index (χ2n) is 6.07. The molecular formula is C15H26N4O2. The Labute approximate surface area is 126 Å². The maximum absolute atomic E-state index is 12.1. The topological polar surface area (TPSA) is 70.4 Å². The summed E-state index contributed by atoms with van der Waals surface area (Å²) in [6, 6.07) is 2.25. The van der Waals surface area contributed by atoms with E-state index < -0.39 is 0 Å². The molecule has 1 saturated heterocycles. The number of rotatable bonds is 5. The van der Waals surface area contributed by atoms with Crippen LogP contribution in [0.4, 0.5) is 5.88 Å². The Morgan fingerprint density at radius 3 is 3.05 bits per heavy atom. The lowest BCUT2D eigenvalue weighted by Gasteiger charge is -2.25. The van der Waals surface area contributed by atoms with Crippen LogP contribution in [0.15, 0.2) is 10.6 Å². The fourth-order valence-corrected chi connectivity index (χ4v) is 2.59. The zero-order valence-corrected chi connectivity index (χ0v) is 13.2. The first-order valence-corrected chi connectivity index (χ1v) is 7.73. The minimum Gasteiger partial charge on any atom is -0.338 e. The molecule has 1 fully saturated rings. The zero-order chi connectivity index (χ0) is 15.2. The van der Waals surface area contributed by atoms with E-state index in [2.05, 4.69) is 20.7 Å². The van der Waals surface area contributed by atoms with E-state index >= 15 is 0 Å². The fourth-order valence-electron chi connectivity index (χ4n) is 2.59. The van der Waals surface area contributed by atoms with Crippen LogP contribution in [0.1, 0.15) is 44.7 Å². The lowest BCUT2D eigenvalue weighted by molar-refractivity contribution is -0.117. The number of hydrogen-bond acceptors (Lipinski definition) is 5. The van der Waals surface area contributed by atoms with Crippen molar-refractivity contribution >= 4 is 11.8 Å². The van der Waals surface area contributed by atoms with Crippen LogP contribution >= 0.6 is 0 Å². The van der Waals surface area contributed by atoms with Crippen LogP contribution in [0.2, 0.25) is 0 Å². The molecule has 1 amide bonds. The van der Waals surface area contributed by atoms with E-state index in [0.29, 0.717) is 24.4 Å². The van der Waals surface area contributed by atoms with Crippen LogP contribution in [0.5, 0.6) is 0 Å². The minimum atomic E-state index is -0.0545. The second kappa shape index (κ2) is 7.56. The second-order valence-corrected chi connectivity index (χ2v) is 6.07. The highest BCUT2D eigenvalue weighted by Crippen LogP contribution is 2.17. The van der Waals surface area contributed by atoms with Crippen LogP contribution in [0.25, 0.3) is 0 Å². The summed E-state index contributed by atoms with van der Waals surface area (Å²) in [4.78, 5) is 14.2.